The van der Waals surface area contributed by atoms with Crippen LogP contribution in [0.1, 0.15) is 29.2 Å². The lowest BCUT2D eigenvalue weighted by Crippen LogP contribution is -2.00. The van der Waals surface area contributed by atoms with Gasteiger partial charge in [-0.1, -0.05) is 0 Å². The molecule has 0 bridgehead atoms. The van der Waals surface area contributed by atoms with E-state index in [0.29, 0.717) is 5.56 Å². The molecule has 0 spiro atoms. The molecule has 0 fully saturated rings. The number of benzene rings is 1. The van der Waals surface area contributed by atoms with Crippen molar-refractivity contribution in [1.82, 2.24) is 9.55 Å². The van der Waals surface area contributed by atoms with Crippen molar-refractivity contribution in [2.75, 3.05) is 0 Å². The van der Waals surface area contributed by atoms with Gasteiger partial charge in [-0.2, -0.15) is 5.26 Å². The summed E-state index contributed by atoms with van der Waals surface area (Å²) >= 11 is 0. The number of aromatic nitrogens is 2. The molecule has 3 nitrogen and oxygen atoms in total. The van der Waals surface area contributed by atoms with Crippen molar-refractivity contribution in [1.29, 1.82) is 5.26 Å². The van der Waals surface area contributed by atoms with E-state index in [1.807, 2.05) is 4.57 Å². The molecule has 2 heterocycles. The van der Waals surface area contributed by atoms with Crippen LogP contribution in [-0.4, -0.2) is 9.55 Å². The monoisotopic (exact) mass is 245 g/mol. The molecule has 1 unspecified atom stereocenters. The van der Waals surface area contributed by atoms with Crippen LogP contribution in [0.2, 0.25) is 0 Å². The quantitative estimate of drug-likeness (QED) is 0.774. The Kier molecular flexibility index (Phi) is 2.37. The van der Waals surface area contributed by atoms with Gasteiger partial charge in [0.1, 0.15) is 23.3 Å². The maximum Gasteiger partial charge on any atom is 0.144 e. The molecule has 0 saturated carbocycles. The van der Waals surface area contributed by atoms with Crippen molar-refractivity contribution in [2.45, 2.75) is 18.9 Å². The van der Waals surface area contributed by atoms with Gasteiger partial charge in [0, 0.05) is 24.4 Å². The van der Waals surface area contributed by atoms with Crippen LogP contribution in [0, 0.1) is 23.0 Å². The molecule has 3 rings (SSSR count). The number of nitrogens with zero attached hydrogens (tertiary/aromatic N) is 3. The number of hydrogen-bond acceptors (Lipinski definition) is 2. The van der Waals surface area contributed by atoms with E-state index < -0.39 is 17.2 Å². The van der Waals surface area contributed by atoms with Gasteiger partial charge in [-0.25, -0.2) is 13.8 Å². The lowest BCUT2D eigenvalue weighted by molar-refractivity contribution is 0.570. The van der Waals surface area contributed by atoms with Crippen molar-refractivity contribution in [3.8, 4) is 6.07 Å². The van der Waals surface area contributed by atoms with Crippen LogP contribution in [0.25, 0.3) is 0 Å². The molecule has 0 N–H and O–H groups in total. The lowest BCUT2D eigenvalue weighted by Gasteiger charge is -2.10. The van der Waals surface area contributed by atoms with Gasteiger partial charge in [0.25, 0.3) is 0 Å². The Bertz CT molecular complexity index is 631. The largest absolute Gasteiger partial charge is 0.334 e. The number of hydrogen-bond donors (Lipinski definition) is 0. The highest BCUT2D eigenvalue weighted by Gasteiger charge is 2.26. The van der Waals surface area contributed by atoms with Gasteiger partial charge in [-0.15, -0.1) is 0 Å². The Labute approximate surface area is 102 Å². The molecule has 0 saturated heterocycles. The molecule has 18 heavy (non-hydrogen) atoms. The first-order valence-electron chi connectivity index (χ1n) is 5.59. The average Bonchev–Trinajstić information content (AvgIpc) is 2.89. The highest BCUT2D eigenvalue weighted by atomic mass is 19.1. The van der Waals surface area contributed by atoms with Crippen molar-refractivity contribution >= 4 is 0 Å². The highest BCUT2D eigenvalue weighted by Crippen LogP contribution is 2.34. The third kappa shape index (κ3) is 1.50. The number of fused-ring (bicyclic) bond motifs is 1. The van der Waals surface area contributed by atoms with Crippen molar-refractivity contribution in [3.63, 3.8) is 0 Å². The molecular formula is C13H9F2N3. The van der Waals surface area contributed by atoms with Crippen LogP contribution in [-0.2, 0) is 6.54 Å². The number of halogens is 2. The summed E-state index contributed by atoms with van der Waals surface area (Å²) in [5.74, 6) is -1.65. The van der Waals surface area contributed by atoms with Gasteiger partial charge in [0.15, 0.2) is 0 Å². The molecule has 0 radical (unpaired) electrons. The van der Waals surface area contributed by atoms with Crippen LogP contribution in [0.5, 0.6) is 0 Å². The summed E-state index contributed by atoms with van der Waals surface area (Å²) in [6.07, 6.45) is 4.22. The Morgan fingerprint density at radius 2 is 2.06 bits per heavy atom. The Hall–Kier alpha value is -2.22. The molecule has 1 atom stereocenters. The number of imidazole rings is 1. The third-order valence-corrected chi connectivity index (χ3v) is 3.34. The number of aryl methyl sites for hydroxylation is 1. The van der Waals surface area contributed by atoms with Gasteiger partial charge in [-0.3, -0.25) is 0 Å². The minimum Gasteiger partial charge on any atom is -0.334 e. The fraction of sp³-hybridized carbons (Fsp3) is 0.231. The molecule has 90 valence electrons. The predicted molar refractivity (Wildman–Crippen MR) is 59.8 cm³/mol. The summed E-state index contributed by atoms with van der Waals surface area (Å²) in [6.45, 7) is 0.795. The number of nitriles is 1. The highest BCUT2D eigenvalue weighted by molar-refractivity contribution is 5.39. The smallest absolute Gasteiger partial charge is 0.144 e. The molecule has 2 aromatic rings. The van der Waals surface area contributed by atoms with E-state index in [9.17, 15) is 8.78 Å². The molecule has 5 heteroatoms. The van der Waals surface area contributed by atoms with Crippen LogP contribution in [0.4, 0.5) is 8.78 Å². The normalized spacial score (nSPS) is 17.5. The van der Waals surface area contributed by atoms with E-state index >= 15 is 0 Å². The summed E-state index contributed by atoms with van der Waals surface area (Å²) in [5, 5.41) is 8.64. The van der Waals surface area contributed by atoms with Gasteiger partial charge in [0.2, 0.25) is 0 Å². The molecule has 1 aromatic carbocycles. The molecule has 1 aromatic heterocycles. The summed E-state index contributed by atoms with van der Waals surface area (Å²) in [4.78, 5) is 4.02. The van der Waals surface area contributed by atoms with Crippen molar-refractivity contribution in [3.05, 3.63) is 53.1 Å². The summed E-state index contributed by atoms with van der Waals surface area (Å²) in [7, 11) is 0. The summed E-state index contributed by atoms with van der Waals surface area (Å²) in [5.41, 5.74) is 0.993. The van der Waals surface area contributed by atoms with E-state index in [1.54, 1.807) is 12.5 Å². The van der Waals surface area contributed by atoms with Gasteiger partial charge in [-0.05, 0) is 24.1 Å². The minimum absolute atomic E-state index is 0.0516. The second kappa shape index (κ2) is 3.91. The minimum atomic E-state index is -0.800. The van der Waals surface area contributed by atoms with E-state index in [2.05, 4.69) is 4.98 Å². The SMILES string of the molecule is N#Cc1c(F)cc(C2CCn3cncc32)cc1F. The fourth-order valence-corrected chi connectivity index (χ4v) is 2.46. The molecule has 1 aliphatic rings. The van der Waals surface area contributed by atoms with Gasteiger partial charge in [0.05, 0.1) is 6.33 Å². The van der Waals surface area contributed by atoms with Crippen molar-refractivity contribution in [2.24, 2.45) is 0 Å². The lowest BCUT2D eigenvalue weighted by atomic mass is 9.94. The standard InChI is InChI=1S/C13H9F2N3/c14-11-3-8(4-12(15)10(11)5-16)9-1-2-18-7-17-6-13(9)18/h3-4,6-7,9H,1-2H2. The van der Waals surface area contributed by atoms with E-state index in [0.717, 1.165) is 18.7 Å². The van der Waals surface area contributed by atoms with Crippen LogP contribution >= 0.6 is 0 Å². The first-order valence-corrected chi connectivity index (χ1v) is 5.59. The van der Waals surface area contributed by atoms with E-state index in [1.165, 1.54) is 18.2 Å². The topological polar surface area (TPSA) is 41.6 Å². The van der Waals surface area contributed by atoms with Gasteiger partial charge >= 0.3 is 0 Å². The zero-order valence-corrected chi connectivity index (χ0v) is 9.40. The van der Waals surface area contributed by atoms with E-state index in [-0.39, 0.29) is 5.92 Å². The Morgan fingerprint density at radius 1 is 1.33 bits per heavy atom. The van der Waals surface area contributed by atoms with Crippen LogP contribution in [0.15, 0.2) is 24.7 Å². The summed E-state index contributed by atoms with van der Waals surface area (Å²) < 4.78 is 29.1. The maximum atomic E-state index is 13.6. The van der Waals surface area contributed by atoms with E-state index in [4.69, 9.17) is 5.26 Å². The zero-order chi connectivity index (χ0) is 12.7. The molecule has 0 aliphatic carbocycles. The second-order valence-corrected chi connectivity index (χ2v) is 4.32. The van der Waals surface area contributed by atoms with Gasteiger partial charge < -0.3 is 4.57 Å². The van der Waals surface area contributed by atoms with Crippen LogP contribution in [0.3, 0.4) is 0 Å². The number of rotatable bonds is 1. The summed E-state index contributed by atoms with van der Waals surface area (Å²) in [6, 6.07) is 4.02. The first-order chi connectivity index (χ1) is 8.70. The Balaban J connectivity index is 2.08. The third-order valence-electron chi connectivity index (χ3n) is 3.34. The zero-order valence-electron chi connectivity index (χ0n) is 9.40. The molecule has 0 amide bonds. The predicted octanol–water partition coefficient (Wildman–Crippen LogP) is 2.57. The Morgan fingerprint density at radius 3 is 2.72 bits per heavy atom. The van der Waals surface area contributed by atoms with Crippen molar-refractivity contribution < 1.29 is 8.78 Å². The maximum absolute atomic E-state index is 13.6. The molecule has 1 aliphatic heterocycles. The second-order valence-electron chi connectivity index (χ2n) is 4.32. The fourth-order valence-electron chi connectivity index (χ4n) is 2.46. The first kappa shape index (κ1) is 10.9. The average molecular weight is 245 g/mol. The molecular weight excluding hydrogens is 236 g/mol. The van der Waals surface area contributed by atoms with Crippen LogP contribution < -0.4 is 0 Å².